The molecule has 0 aliphatic rings. The summed E-state index contributed by atoms with van der Waals surface area (Å²) in [5.41, 5.74) is 1.27. The predicted octanol–water partition coefficient (Wildman–Crippen LogP) is 4.41. The van der Waals surface area contributed by atoms with Gasteiger partial charge in [0.2, 0.25) is 0 Å². The van der Waals surface area contributed by atoms with Gasteiger partial charge >= 0.3 is 0 Å². The Morgan fingerprint density at radius 3 is 2.35 bits per heavy atom. The highest BCUT2D eigenvalue weighted by molar-refractivity contribution is 14.1. The van der Waals surface area contributed by atoms with Crippen LogP contribution in [-0.2, 0) is 11.2 Å². The van der Waals surface area contributed by atoms with Crippen LogP contribution in [0.2, 0.25) is 0 Å². The van der Waals surface area contributed by atoms with Gasteiger partial charge in [0, 0.05) is 16.2 Å². The van der Waals surface area contributed by atoms with Crippen molar-refractivity contribution in [3.8, 4) is 0 Å². The number of hydrogen-bond acceptors (Lipinski definition) is 2. The smallest absolute Gasteiger partial charge is 0.0807 e. The molecule has 0 aliphatic heterocycles. The maximum absolute atomic E-state index is 6.07. The first-order chi connectivity index (χ1) is 9.55. The van der Waals surface area contributed by atoms with E-state index in [2.05, 4.69) is 79.9 Å². The van der Waals surface area contributed by atoms with Gasteiger partial charge in [-0.2, -0.15) is 0 Å². The summed E-state index contributed by atoms with van der Waals surface area (Å²) in [6.07, 6.45) is 3.18. The fraction of sp³-hybridized carbons (Fsp3) is 0.647. The lowest BCUT2D eigenvalue weighted by Crippen LogP contribution is -2.51. The average Bonchev–Trinajstić information content (AvgIpc) is 2.45. The molecule has 0 bridgehead atoms. The van der Waals surface area contributed by atoms with E-state index in [1.807, 2.05) is 0 Å². The molecule has 0 saturated heterocycles. The lowest BCUT2D eigenvalue weighted by Gasteiger charge is -2.37. The number of nitrogens with one attached hydrogen (secondary N) is 1. The zero-order chi connectivity index (χ0) is 15.0. The molecule has 20 heavy (non-hydrogen) atoms. The molecular weight excluding hydrogens is 361 g/mol. The van der Waals surface area contributed by atoms with Crippen LogP contribution in [0.25, 0.3) is 0 Å². The van der Waals surface area contributed by atoms with Gasteiger partial charge in [0.25, 0.3) is 0 Å². The number of halogens is 1. The maximum Gasteiger partial charge on any atom is 0.0807 e. The van der Waals surface area contributed by atoms with Crippen molar-refractivity contribution >= 4 is 22.6 Å². The first-order valence-electron chi connectivity index (χ1n) is 7.67. The molecule has 3 heteroatoms. The van der Waals surface area contributed by atoms with Crippen LogP contribution in [0.3, 0.4) is 0 Å². The molecule has 0 aliphatic carbocycles. The molecule has 0 fully saturated rings. The average molecular weight is 389 g/mol. The van der Waals surface area contributed by atoms with Crippen molar-refractivity contribution < 1.29 is 4.74 Å². The van der Waals surface area contributed by atoms with Gasteiger partial charge in [0.1, 0.15) is 0 Å². The fourth-order valence-corrected chi connectivity index (χ4v) is 2.82. The summed E-state index contributed by atoms with van der Waals surface area (Å²) in [5.74, 6) is 0. The monoisotopic (exact) mass is 389 g/mol. The van der Waals surface area contributed by atoms with E-state index in [1.165, 1.54) is 9.13 Å². The highest BCUT2D eigenvalue weighted by Gasteiger charge is 2.32. The van der Waals surface area contributed by atoms with Gasteiger partial charge in [-0.1, -0.05) is 26.0 Å². The second-order valence-corrected chi connectivity index (χ2v) is 6.68. The minimum absolute atomic E-state index is 0.104. The van der Waals surface area contributed by atoms with E-state index >= 15 is 0 Å². The molecule has 0 aromatic heterocycles. The second-order valence-electron chi connectivity index (χ2n) is 5.44. The van der Waals surface area contributed by atoms with Gasteiger partial charge in [-0.3, -0.25) is 0 Å². The van der Waals surface area contributed by atoms with Gasteiger partial charge in [-0.15, -0.1) is 0 Å². The van der Waals surface area contributed by atoms with Crippen molar-refractivity contribution in [3.05, 3.63) is 33.4 Å². The zero-order valence-corrected chi connectivity index (χ0v) is 15.4. The molecule has 0 radical (unpaired) electrons. The maximum atomic E-state index is 6.07. The molecule has 0 spiro atoms. The third-order valence-corrected chi connectivity index (χ3v) is 4.63. The van der Waals surface area contributed by atoms with Crippen molar-refractivity contribution in [1.29, 1.82) is 0 Å². The van der Waals surface area contributed by atoms with Crippen LogP contribution in [0, 0.1) is 3.57 Å². The summed E-state index contributed by atoms with van der Waals surface area (Å²) < 4.78 is 7.35. The molecule has 2 atom stereocenters. The first kappa shape index (κ1) is 17.9. The molecule has 114 valence electrons. The lowest BCUT2D eigenvalue weighted by molar-refractivity contribution is -0.0549. The molecular formula is C17H28INO. The molecule has 1 N–H and O–H groups in total. The van der Waals surface area contributed by atoms with E-state index in [0.29, 0.717) is 6.04 Å². The largest absolute Gasteiger partial charge is 0.374 e. The van der Waals surface area contributed by atoms with E-state index in [4.69, 9.17) is 4.74 Å². The highest BCUT2D eigenvalue weighted by atomic mass is 127. The van der Waals surface area contributed by atoms with Crippen LogP contribution in [0.1, 0.15) is 46.1 Å². The molecule has 0 amide bonds. The van der Waals surface area contributed by atoms with Crippen molar-refractivity contribution in [2.75, 3.05) is 13.2 Å². The standard InChI is InChI=1S/C17H28INO/c1-5-12-19-16(17(4,6-2)20-7-3)13-14-8-10-15(18)11-9-14/h8-11,16,19H,5-7,12-13H2,1-4H3. The first-order valence-corrected chi connectivity index (χ1v) is 8.75. The normalized spacial score (nSPS) is 15.8. The van der Waals surface area contributed by atoms with Gasteiger partial charge in [0.15, 0.2) is 0 Å². The second kappa shape index (κ2) is 9.00. The minimum atomic E-state index is -0.104. The summed E-state index contributed by atoms with van der Waals surface area (Å²) in [6.45, 7) is 10.5. The summed E-state index contributed by atoms with van der Waals surface area (Å²) >= 11 is 2.35. The Kier molecular flexibility index (Phi) is 8.07. The number of benzene rings is 1. The Bertz CT molecular complexity index is 379. The van der Waals surface area contributed by atoms with Gasteiger partial charge in [0.05, 0.1) is 5.60 Å². The summed E-state index contributed by atoms with van der Waals surface area (Å²) in [7, 11) is 0. The quantitative estimate of drug-likeness (QED) is 0.632. The van der Waals surface area contributed by atoms with Crippen molar-refractivity contribution in [3.63, 3.8) is 0 Å². The number of ether oxygens (including phenoxy) is 1. The van der Waals surface area contributed by atoms with E-state index in [1.54, 1.807) is 0 Å². The van der Waals surface area contributed by atoms with Gasteiger partial charge in [-0.25, -0.2) is 0 Å². The molecule has 0 saturated carbocycles. The molecule has 1 rings (SSSR count). The van der Waals surface area contributed by atoms with Crippen molar-refractivity contribution in [2.45, 2.75) is 58.6 Å². The van der Waals surface area contributed by atoms with E-state index in [9.17, 15) is 0 Å². The van der Waals surface area contributed by atoms with E-state index < -0.39 is 0 Å². The third-order valence-electron chi connectivity index (χ3n) is 3.91. The highest BCUT2D eigenvalue weighted by Crippen LogP contribution is 2.23. The van der Waals surface area contributed by atoms with Crippen LogP contribution >= 0.6 is 22.6 Å². The Labute approximate surface area is 137 Å². The fourth-order valence-electron chi connectivity index (χ4n) is 2.46. The predicted molar refractivity (Wildman–Crippen MR) is 95.3 cm³/mol. The SMILES string of the molecule is CCCNC(Cc1ccc(I)cc1)C(C)(CC)OCC. The van der Waals surface area contributed by atoms with Crippen molar-refractivity contribution in [1.82, 2.24) is 5.32 Å². The van der Waals surface area contributed by atoms with Crippen molar-refractivity contribution in [2.24, 2.45) is 0 Å². The summed E-state index contributed by atoms with van der Waals surface area (Å²) in [5, 5.41) is 3.68. The van der Waals surface area contributed by atoms with Crippen LogP contribution < -0.4 is 5.32 Å². The zero-order valence-electron chi connectivity index (χ0n) is 13.2. The summed E-state index contributed by atoms with van der Waals surface area (Å²) in [6, 6.07) is 9.16. The van der Waals surface area contributed by atoms with Crippen LogP contribution in [0.5, 0.6) is 0 Å². The Hall–Kier alpha value is -0.130. The number of rotatable bonds is 9. The summed E-state index contributed by atoms with van der Waals surface area (Å²) in [4.78, 5) is 0. The Balaban J connectivity index is 2.84. The minimum Gasteiger partial charge on any atom is -0.374 e. The van der Waals surface area contributed by atoms with Crippen LogP contribution in [0.4, 0.5) is 0 Å². The lowest BCUT2D eigenvalue weighted by atomic mass is 9.88. The molecule has 2 unspecified atom stereocenters. The molecule has 1 aromatic rings. The van der Waals surface area contributed by atoms with Crippen LogP contribution in [-0.4, -0.2) is 24.8 Å². The molecule has 2 nitrogen and oxygen atoms in total. The topological polar surface area (TPSA) is 21.3 Å². The van der Waals surface area contributed by atoms with E-state index in [-0.39, 0.29) is 5.60 Å². The van der Waals surface area contributed by atoms with E-state index in [0.717, 1.165) is 32.4 Å². The Morgan fingerprint density at radius 1 is 1.20 bits per heavy atom. The molecule has 1 aromatic carbocycles. The molecule has 0 heterocycles. The van der Waals surface area contributed by atoms with Crippen LogP contribution in [0.15, 0.2) is 24.3 Å². The number of hydrogen-bond donors (Lipinski definition) is 1. The van der Waals surface area contributed by atoms with Gasteiger partial charge < -0.3 is 10.1 Å². The van der Waals surface area contributed by atoms with Gasteiger partial charge in [-0.05, 0) is 79.9 Å². The Morgan fingerprint density at radius 2 is 1.85 bits per heavy atom. The third kappa shape index (κ3) is 5.34.